The van der Waals surface area contributed by atoms with Crippen LogP contribution < -0.4 is 21.5 Å². The monoisotopic (exact) mass is 396 g/mol. The van der Waals surface area contributed by atoms with Gasteiger partial charge in [-0.1, -0.05) is 26.0 Å². The van der Waals surface area contributed by atoms with Gasteiger partial charge in [0, 0.05) is 17.5 Å². The molecule has 0 aromatic heterocycles. The Balaban J connectivity index is 2.53. The average Bonchev–Trinajstić information content (AvgIpc) is 2.57. The zero-order valence-electron chi connectivity index (χ0n) is 15.7. The van der Waals surface area contributed by atoms with Gasteiger partial charge in [0.15, 0.2) is 5.11 Å². The summed E-state index contributed by atoms with van der Waals surface area (Å²) in [5.41, 5.74) is 5.79. The summed E-state index contributed by atoms with van der Waals surface area (Å²) >= 11 is 6.47. The number of carbonyl (C=O) groups is 2. The van der Waals surface area contributed by atoms with Crippen LogP contribution >= 0.6 is 24.0 Å². The van der Waals surface area contributed by atoms with Gasteiger partial charge in [0.1, 0.15) is 0 Å². The van der Waals surface area contributed by atoms with Crippen LogP contribution in [0.15, 0.2) is 29.2 Å². The molecular formula is C18H28N4O2S2. The van der Waals surface area contributed by atoms with E-state index in [4.69, 9.17) is 12.2 Å². The van der Waals surface area contributed by atoms with E-state index in [2.05, 4.69) is 35.3 Å². The molecule has 8 heteroatoms. The van der Waals surface area contributed by atoms with Crippen molar-refractivity contribution in [3.8, 4) is 0 Å². The van der Waals surface area contributed by atoms with Crippen molar-refractivity contribution in [3.63, 3.8) is 0 Å². The third kappa shape index (κ3) is 9.05. The molecule has 6 nitrogen and oxygen atoms in total. The Bertz CT molecular complexity index is 621. The fourth-order valence-electron chi connectivity index (χ4n) is 1.99. The molecule has 0 saturated carbocycles. The zero-order valence-corrected chi connectivity index (χ0v) is 17.4. The predicted molar refractivity (Wildman–Crippen MR) is 111 cm³/mol. The van der Waals surface area contributed by atoms with Gasteiger partial charge in [-0.3, -0.25) is 20.4 Å². The van der Waals surface area contributed by atoms with Crippen LogP contribution in [0.25, 0.3) is 0 Å². The Kier molecular flexibility index (Phi) is 10.0. The van der Waals surface area contributed by atoms with E-state index in [-0.39, 0.29) is 23.6 Å². The van der Waals surface area contributed by atoms with E-state index in [1.165, 1.54) is 11.8 Å². The van der Waals surface area contributed by atoms with Gasteiger partial charge in [0.25, 0.3) is 5.91 Å². The van der Waals surface area contributed by atoms with Crippen molar-refractivity contribution in [2.45, 2.75) is 45.1 Å². The molecule has 1 rings (SSSR count). The van der Waals surface area contributed by atoms with E-state index in [9.17, 15) is 9.59 Å². The summed E-state index contributed by atoms with van der Waals surface area (Å²) in [6, 6.07) is 7.25. The first kappa shape index (κ1) is 22.2. The highest BCUT2D eigenvalue weighted by atomic mass is 32.2. The summed E-state index contributed by atoms with van der Waals surface area (Å²) in [4.78, 5) is 24.9. The van der Waals surface area contributed by atoms with E-state index in [0.717, 1.165) is 17.9 Å². The molecule has 0 aliphatic carbocycles. The summed E-state index contributed by atoms with van der Waals surface area (Å²) in [6.45, 7) is 8.84. The number of amides is 2. The van der Waals surface area contributed by atoms with E-state index in [1.807, 2.05) is 26.0 Å². The average molecular weight is 397 g/mol. The minimum atomic E-state index is -0.301. The lowest BCUT2D eigenvalue weighted by molar-refractivity contribution is -0.119. The SMILES string of the molecule is CC(C)CCNC(=S)NNC(=O)c1ccccc1SCC(=O)NC(C)C. The Labute approximate surface area is 165 Å². The van der Waals surface area contributed by atoms with Crippen molar-refractivity contribution in [2.75, 3.05) is 12.3 Å². The number of nitrogens with one attached hydrogen (secondary N) is 4. The minimum absolute atomic E-state index is 0.0612. The van der Waals surface area contributed by atoms with Crippen LogP contribution in [0, 0.1) is 5.92 Å². The molecule has 0 unspecified atom stereocenters. The molecule has 0 fully saturated rings. The standard InChI is InChI=1S/C18H28N4O2S2/c1-12(2)9-10-19-18(25)22-21-17(24)14-7-5-6-8-15(14)26-11-16(23)20-13(3)4/h5-8,12-13H,9-11H2,1-4H3,(H,20,23)(H,21,24)(H2,19,22,25). The lowest BCUT2D eigenvalue weighted by Gasteiger charge is -2.14. The first-order valence-electron chi connectivity index (χ1n) is 8.65. The van der Waals surface area contributed by atoms with Gasteiger partial charge in [-0.25, -0.2) is 0 Å². The molecule has 0 atom stereocenters. The Morgan fingerprint density at radius 2 is 1.81 bits per heavy atom. The van der Waals surface area contributed by atoms with Gasteiger partial charge in [0.2, 0.25) is 5.91 Å². The number of thiocarbonyl (C=S) groups is 1. The van der Waals surface area contributed by atoms with Crippen LogP contribution in [0.4, 0.5) is 0 Å². The van der Waals surface area contributed by atoms with Crippen molar-refractivity contribution in [3.05, 3.63) is 29.8 Å². The van der Waals surface area contributed by atoms with Crippen molar-refractivity contribution in [1.82, 2.24) is 21.5 Å². The summed E-state index contributed by atoms with van der Waals surface area (Å²) in [5, 5.41) is 6.25. The quantitative estimate of drug-likeness (QED) is 0.307. The smallest absolute Gasteiger partial charge is 0.270 e. The molecule has 1 aromatic rings. The highest BCUT2D eigenvalue weighted by Gasteiger charge is 2.13. The summed E-state index contributed by atoms with van der Waals surface area (Å²) < 4.78 is 0. The highest BCUT2D eigenvalue weighted by molar-refractivity contribution is 8.00. The number of hydrogen-bond donors (Lipinski definition) is 4. The molecule has 0 aliphatic heterocycles. The molecule has 0 aliphatic rings. The summed E-state index contributed by atoms with van der Waals surface area (Å²) in [5.74, 6) is 0.473. The van der Waals surface area contributed by atoms with Crippen LogP contribution in [0.1, 0.15) is 44.5 Å². The van der Waals surface area contributed by atoms with E-state index in [1.54, 1.807) is 12.1 Å². The summed E-state index contributed by atoms with van der Waals surface area (Å²) in [6.07, 6.45) is 0.994. The number of carbonyl (C=O) groups excluding carboxylic acids is 2. The second-order valence-corrected chi connectivity index (χ2v) is 7.95. The molecule has 0 bridgehead atoms. The van der Waals surface area contributed by atoms with Gasteiger partial charge >= 0.3 is 0 Å². The number of hydrogen-bond acceptors (Lipinski definition) is 4. The number of rotatable bonds is 8. The van der Waals surface area contributed by atoms with Crippen molar-refractivity contribution in [1.29, 1.82) is 0 Å². The normalized spacial score (nSPS) is 10.5. The van der Waals surface area contributed by atoms with Crippen molar-refractivity contribution >= 4 is 40.9 Å². The Morgan fingerprint density at radius 1 is 1.12 bits per heavy atom. The molecule has 1 aromatic carbocycles. The van der Waals surface area contributed by atoms with Crippen LogP contribution in [0.3, 0.4) is 0 Å². The maximum Gasteiger partial charge on any atom is 0.270 e. The third-order valence-corrected chi connectivity index (χ3v) is 4.56. The van der Waals surface area contributed by atoms with Crippen molar-refractivity contribution < 1.29 is 9.59 Å². The zero-order chi connectivity index (χ0) is 19.5. The van der Waals surface area contributed by atoms with Crippen LogP contribution in [0.5, 0.6) is 0 Å². The maximum atomic E-state index is 12.4. The second kappa shape index (κ2) is 11.7. The fraction of sp³-hybridized carbons (Fsp3) is 0.500. The molecule has 0 heterocycles. The van der Waals surface area contributed by atoms with Gasteiger partial charge in [-0.05, 0) is 50.5 Å². The van der Waals surface area contributed by atoms with E-state index in [0.29, 0.717) is 16.6 Å². The molecular weight excluding hydrogens is 368 g/mol. The molecule has 4 N–H and O–H groups in total. The number of thioether (sulfide) groups is 1. The fourth-order valence-corrected chi connectivity index (χ4v) is 3.00. The largest absolute Gasteiger partial charge is 0.361 e. The van der Waals surface area contributed by atoms with Gasteiger partial charge in [-0.15, -0.1) is 11.8 Å². The Hall–Kier alpha value is -1.80. The lowest BCUT2D eigenvalue weighted by Crippen LogP contribution is -2.47. The highest BCUT2D eigenvalue weighted by Crippen LogP contribution is 2.22. The Morgan fingerprint density at radius 3 is 2.46 bits per heavy atom. The predicted octanol–water partition coefficient (Wildman–Crippen LogP) is 2.46. The lowest BCUT2D eigenvalue weighted by atomic mass is 10.1. The van der Waals surface area contributed by atoms with E-state index >= 15 is 0 Å². The molecule has 0 spiro atoms. The van der Waals surface area contributed by atoms with E-state index < -0.39 is 0 Å². The first-order valence-corrected chi connectivity index (χ1v) is 10.0. The van der Waals surface area contributed by atoms with Gasteiger partial charge in [0.05, 0.1) is 11.3 Å². The van der Waals surface area contributed by atoms with Gasteiger partial charge < -0.3 is 10.6 Å². The first-order chi connectivity index (χ1) is 12.3. The molecule has 144 valence electrons. The molecule has 26 heavy (non-hydrogen) atoms. The van der Waals surface area contributed by atoms with Gasteiger partial charge in [-0.2, -0.15) is 0 Å². The molecule has 0 radical (unpaired) electrons. The van der Waals surface area contributed by atoms with Crippen LogP contribution in [-0.2, 0) is 4.79 Å². The maximum absolute atomic E-state index is 12.4. The van der Waals surface area contributed by atoms with Crippen LogP contribution in [-0.4, -0.2) is 35.3 Å². The topological polar surface area (TPSA) is 82.3 Å². The number of hydrazine groups is 1. The molecule has 2 amide bonds. The number of benzene rings is 1. The summed E-state index contributed by atoms with van der Waals surface area (Å²) in [7, 11) is 0. The van der Waals surface area contributed by atoms with Crippen LogP contribution in [0.2, 0.25) is 0 Å². The molecule has 0 saturated heterocycles. The third-order valence-electron chi connectivity index (χ3n) is 3.24. The van der Waals surface area contributed by atoms with Crippen molar-refractivity contribution in [2.24, 2.45) is 5.92 Å². The second-order valence-electron chi connectivity index (χ2n) is 6.52. The minimum Gasteiger partial charge on any atom is -0.361 e.